The molecule has 1 aliphatic heterocycles. The van der Waals surface area contributed by atoms with Gasteiger partial charge in [0.25, 0.3) is 5.91 Å². The Hall–Kier alpha value is -2.12. The fourth-order valence-electron chi connectivity index (χ4n) is 4.34. The van der Waals surface area contributed by atoms with E-state index in [1.165, 1.54) is 5.56 Å². The highest BCUT2D eigenvalue weighted by Crippen LogP contribution is 2.24. The number of halogens is 2. The van der Waals surface area contributed by atoms with Gasteiger partial charge in [-0.15, -0.1) is 0 Å². The summed E-state index contributed by atoms with van der Waals surface area (Å²) in [6.45, 7) is 4.66. The van der Waals surface area contributed by atoms with Crippen molar-refractivity contribution in [3.05, 3.63) is 69.7 Å². The van der Waals surface area contributed by atoms with Gasteiger partial charge in [-0.3, -0.25) is 9.59 Å². The molecule has 184 valence electrons. The maximum Gasteiger partial charge on any atom is 0.251 e. The van der Waals surface area contributed by atoms with E-state index in [9.17, 15) is 9.59 Å². The van der Waals surface area contributed by atoms with Crippen molar-refractivity contribution in [3.63, 3.8) is 0 Å². The average molecular weight is 505 g/mol. The number of nitrogens with one attached hydrogen (secondary N) is 3. The highest BCUT2D eigenvalue weighted by Gasteiger charge is 2.31. The predicted octanol–water partition coefficient (Wildman–Crippen LogP) is 4.09. The summed E-state index contributed by atoms with van der Waals surface area (Å²) in [5, 5.41) is 10.4. The molecule has 0 saturated carbocycles. The van der Waals surface area contributed by atoms with Crippen LogP contribution >= 0.6 is 23.2 Å². The van der Waals surface area contributed by atoms with Crippen LogP contribution in [0.5, 0.6) is 0 Å². The van der Waals surface area contributed by atoms with Crippen LogP contribution < -0.4 is 16.0 Å². The van der Waals surface area contributed by atoms with Crippen LogP contribution in [-0.2, 0) is 4.79 Å². The van der Waals surface area contributed by atoms with Crippen LogP contribution in [0.15, 0.2) is 48.5 Å². The number of hydrogen-bond donors (Lipinski definition) is 3. The van der Waals surface area contributed by atoms with Crippen LogP contribution in [0.2, 0.25) is 10.0 Å². The van der Waals surface area contributed by atoms with Gasteiger partial charge in [0.1, 0.15) is 0 Å². The highest BCUT2D eigenvalue weighted by molar-refractivity contribution is 6.42. The molecular weight excluding hydrogens is 471 g/mol. The van der Waals surface area contributed by atoms with E-state index in [0.717, 1.165) is 19.4 Å². The lowest BCUT2D eigenvalue weighted by Gasteiger charge is -2.28. The third-order valence-electron chi connectivity index (χ3n) is 6.37. The highest BCUT2D eigenvalue weighted by atomic mass is 35.5. The zero-order valence-corrected chi connectivity index (χ0v) is 21.3. The minimum atomic E-state index is -0.296. The van der Waals surface area contributed by atoms with Crippen LogP contribution in [0.3, 0.4) is 0 Å². The minimum absolute atomic E-state index is 0.0145. The van der Waals surface area contributed by atoms with Gasteiger partial charge in [-0.25, -0.2) is 0 Å². The third kappa shape index (κ3) is 7.19. The lowest BCUT2D eigenvalue weighted by molar-refractivity contribution is -0.133. The molecule has 3 atom stereocenters. The van der Waals surface area contributed by atoms with Crippen molar-refractivity contribution in [3.8, 4) is 0 Å². The van der Waals surface area contributed by atoms with E-state index in [0.29, 0.717) is 47.6 Å². The van der Waals surface area contributed by atoms with E-state index in [4.69, 9.17) is 23.2 Å². The molecule has 0 bridgehead atoms. The molecule has 0 radical (unpaired) electrons. The molecule has 2 aromatic carbocycles. The average Bonchev–Trinajstić information content (AvgIpc) is 3.00. The van der Waals surface area contributed by atoms with Gasteiger partial charge < -0.3 is 20.9 Å². The molecule has 0 aromatic heterocycles. The maximum absolute atomic E-state index is 13.4. The number of carbonyl (C=O) groups is 2. The first kappa shape index (κ1) is 26.5. The second kappa shape index (κ2) is 13.1. The summed E-state index contributed by atoms with van der Waals surface area (Å²) in [6.07, 6.45) is 2.41. The van der Waals surface area contributed by atoms with Gasteiger partial charge in [0, 0.05) is 37.2 Å². The lowest BCUT2D eigenvalue weighted by Crippen LogP contribution is -2.50. The summed E-state index contributed by atoms with van der Waals surface area (Å²) >= 11 is 12.0. The Kier molecular flexibility index (Phi) is 10.2. The van der Waals surface area contributed by atoms with Crippen molar-refractivity contribution < 1.29 is 9.59 Å². The standard InChI is InChI=1S/C26H34Cl2N4O2/c1-3-18(19-7-5-4-6-8-19)17-32-14-12-21(31-24(26(32)34)11-13-29-2)16-30-25(33)20-9-10-22(27)23(28)15-20/h4-10,15,18,21,24,29,31H,3,11-14,16-17H2,1-2H3,(H,30,33). The van der Waals surface area contributed by atoms with Gasteiger partial charge in [0.05, 0.1) is 16.1 Å². The maximum atomic E-state index is 13.4. The number of rotatable bonds is 10. The second-order valence-corrected chi connectivity index (χ2v) is 9.55. The smallest absolute Gasteiger partial charge is 0.251 e. The van der Waals surface area contributed by atoms with Crippen LogP contribution in [0.1, 0.15) is 48.0 Å². The molecule has 1 fully saturated rings. The summed E-state index contributed by atoms with van der Waals surface area (Å²) in [5.41, 5.74) is 1.72. The van der Waals surface area contributed by atoms with Gasteiger partial charge in [0.15, 0.2) is 0 Å². The molecule has 3 N–H and O–H groups in total. The van der Waals surface area contributed by atoms with Gasteiger partial charge in [-0.05, 0) is 56.6 Å². The summed E-state index contributed by atoms with van der Waals surface area (Å²) in [4.78, 5) is 28.1. The molecule has 3 rings (SSSR count). The zero-order chi connectivity index (χ0) is 24.5. The van der Waals surface area contributed by atoms with Crippen LogP contribution in [0.25, 0.3) is 0 Å². The normalized spacial score (nSPS) is 19.5. The van der Waals surface area contributed by atoms with Gasteiger partial charge in [0.2, 0.25) is 5.91 Å². The Morgan fingerprint density at radius 1 is 1.18 bits per heavy atom. The number of amides is 2. The SMILES string of the molecule is CCC(CN1CCC(CNC(=O)c2ccc(Cl)c(Cl)c2)NC(CCNC)C1=O)c1ccccc1. The van der Waals surface area contributed by atoms with Crippen molar-refractivity contribution in [2.24, 2.45) is 0 Å². The van der Waals surface area contributed by atoms with Crippen LogP contribution in [0, 0.1) is 0 Å². The van der Waals surface area contributed by atoms with E-state index in [1.54, 1.807) is 18.2 Å². The summed E-state index contributed by atoms with van der Waals surface area (Å²) in [6, 6.07) is 14.9. The van der Waals surface area contributed by atoms with E-state index in [-0.39, 0.29) is 23.9 Å². The van der Waals surface area contributed by atoms with E-state index in [1.807, 2.05) is 30.1 Å². The Bertz CT molecular complexity index is 957. The van der Waals surface area contributed by atoms with Crippen LogP contribution in [-0.4, -0.2) is 62.0 Å². The second-order valence-electron chi connectivity index (χ2n) is 8.74. The monoisotopic (exact) mass is 504 g/mol. The minimum Gasteiger partial charge on any atom is -0.350 e. The Morgan fingerprint density at radius 3 is 2.62 bits per heavy atom. The molecule has 0 aliphatic carbocycles. The van der Waals surface area contributed by atoms with E-state index >= 15 is 0 Å². The van der Waals surface area contributed by atoms with Crippen molar-refractivity contribution in [2.45, 2.75) is 44.2 Å². The fourth-order valence-corrected chi connectivity index (χ4v) is 4.63. The fraction of sp³-hybridized carbons (Fsp3) is 0.462. The van der Waals surface area contributed by atoms with Crippen molar-refractivity contribution >= 4 is 35.0 Å². The first-order chi connectivity index (χ1) is 16.4. The molecule has 1 aliphatic rings. The number of nitrogens with zero attached hydrogens (tertiary/aromatic N) is 1. The first-order valence-corrected chi connectivity index (χ1v) is 12.7. The third-order valence-corrected chi connectivity index (χ3v) is 7.11. The molecule has 8 heteroatoms. The van der Waals surface area contributed by atoms with E-state index < -0.39 is 0 Å². The van der Waals surface area contributed by atoms with E-state index in [2.05, 4.69) is 35.0 Å². The summed E-state index contributed by atoms with van der Waals surface area (Å²) in [7, 11) is 1.89. The van der Waals surface area contributed by atoms with Crippen molar-refractivity contribution in [2.75, 3.05) is 33.2 Å². The molecular formula is C26H34Cl2N4O2. The number of carbonyl (C=O) groups excluding carboxylic acids is 2. The molecule has 34 heavy (non-hydrogen) atoms. The number of hydrogen-bond acceptors (Lipinski definition) is 4. The zero-order valence-electron chi connectivity index (χ0n) is 19.8. The summed E-state index contributed by atoms with van der Waals surface area (Å²) < 4.78 is 0. The molecule has 1 saturated heterocycles. The number of benzene rings is 2. The Morgan fingerprint density at radius 2 is 1.94 bits per heavy atom. The van der Waals surface area contributed by atoms with Gasteiger partial charge >= 0.3 is 0 Å². The Labute approximate surface area is 212 Å². The van der Waals surface area contributed by atoms with Gasteiger partial charge in [-0.2, -0.15) is 0 Å². The Balaban J connectivity index is 1.66. The van der Waals surface area contributed by atoms with Crippen LogP contribution in [0.4, 0.5) is 0 Å². The van der Waals surface area contributed by atoms with Crippen molar-refractivity contribution in [1.29, 1.82) is 0 Å². The molecule has 2 aromatic rings. The molecule has 6 nitrogen and oxygen atoms in total. The topological polar surface area (TPSA) is 73.5 Å². The first-order valence-electron chi connectivity index (χ1n) is 11.9. The summed E-state index contributed by atoms with van der Waals surface area (Å²) in [5.74, 6) is 0.207. The largest absolute Gasteiger partial charge is 0.350 e. The molecule has 1 heterocycles. The quantitative estimate of drug-likeness (QED) is 0.455. The predicted molar refractivity (Wildman–Crippen MR) is 139 cm³/mol. The van der Waals surface area contributed by atoms with Crippen molar-refractivity contribution in [1.82, 2.24) is 20.9 Å². The molecule has 0 spiro atoms. The molecule has 2 amide bonds. The lowest BCUT2D eigenvalue weighted by atomic mass is 9.95. The molecule has 3 unspecified atom stereocenters. The van der Waals surface area contributed by atoms with Gasteiger partial charge in [-0.1, -0.05) is 60.5 Å².